The van der Waals surface area contributed by atoms with Crippen molar-refractivity contribution in [3.05, 3.63) is 66.1 Å². The van der Waals surface area contributed by atoms with Crippen molar-refractivity contribution in [2.45, 2.75) is 13.5 Å². The van der Waals surface area contributed by atoms with E-state index in [1.54, 1.807) is 0 Å². The van der Waals surface area contributed by atoms with Gasteiger partial charge in [-0.05, 0) is 36.8 Å². The van der Waals surface area contributed by atoms with Crippen LogP contribution in [0.3, 0.4) is 0 Å². The van der Waals surface area contributed by atoms with Crippen molar-refractivity contribution in [1.29, 1.82) is 0 Å². The van der Waals surface area contributed by atoms with Gasteiger partial charge in [0, 0.05) is 25.5 Å². The van der Waals surface area contributed by atoms with Crippen molar-refractivity contribution in [1.82, 2.24) is 14.7 Å². The van der Waals surface area contributed by atoms with Gasteiger partial charge in [-0.3, -0.25) is 0 Å². The van der Waals surface area contributed by atoms with Gasteiger partial charge in [0.05, 0.1) is 5.69 Å². The Kier molecular flexibility index (Phi) is 4.17. The lowest BCUT2D eigenvalue weighted by Crippen LogP contribution is -2.20. The minimum atomic E-state index is 0.650. The summed E-state index contributed by atoms with van der Waals surface area (Å²) in [5.74, 6) is 0.921. The minimum absolute atomic E-state index is 0.650. The van der Waals surface area contributed by atoms with Crippen molar-refractivity contribution in [2.24, 2.45) is 0 Å². The van der Waals surface area contributed by atoms with Gasteiger partial charge >= 0.3 is 0 Å². The molecule has 0 saturated heterocycles. The molecule has 0 saturated carbocycles. The number of hydrogen-bond donors (Lipinski definition) is 1. The number of pyridine rings is 1. The molecule has 0 fully saturated rings. The van der Waals surface area contributed by atoms with Crippen LogP contribution in [0.2, 0.25) is 0 Å². The van der Waals surface area contributed by atoms with Gasteiger partial charge in [0.15, 0.2) is 0 Å². The first kappa shape index (κ1) is 13.6. The summed E-state index contributed by atoms with van der Waals surface area (Å²) in [4.78, 5) is 4.54. The third-order valence-corrected chi connectivity index (χ3v) is 3.26. The highest BCUT2D eigenvalue weighted by molar-refractivity contribution is 5.39. The average Bonchev–Trinajstić information content (AvgIpc) is 2.89. The van der Waals surface area contributed by atoms with Crippen molar-refractivity contribution >= 4 is 5.65 Å². The number of aromatic nitrogens is 2. The number of imidazole rings is 1. The molecule has 21 heavy (non-hydrogen) atoms. The summed E-state index contributed by atoms with van der Waals surface area (Å²) in [5.41, 5.74) is 3.23. The predicted octanol–water partition coefficient (Wildman–Crippen LogP) is 2.81. The van der Waals surface area contributed by atoms with E-state index in [4.69, 9.17) is 4.74 Å². The normalized spacial score (nSPS) is 10.9. The molecule has 0 spiro atoms. The third kappa shape index (κ3) is 3.61. The average molecular weight is 281 g/mol. The molecule has 4 nitrogen and oxygen atoms in total. The van der Waals surface area contributed by atoms with E-state index in [0.717, 1.165) is 30.2 Å². The number of hydrogen-bond acceptors (Lipinski definition) is 3. The standard InChI is InChI=1S/C17H19N3O/c1-14-5-4-6-16(11-14)21-10-8-18-12-15-13-20-9-3-2-7-17(20)19-15/h2-7,9,11,13,18H,8,10,12H2,1H3. The Bertz CT molecular complexity index is 688. The Hall–Kier alpha value is -2.33. The molecule has 108 valence electrons. The van der Waals surface area contributed by atoms with Crippen LogP contribution in [0.1, 0.15) is 11.3 Å². The van der Waals surface area contributed by atoms with Gasteiger partial charge in [0.25, 0.3) is 0 Å². The Morgan fingerprint density at radius 3 is 3.00 bits per heavy atom. The van der Waals surface area contributed by atoms with Gasteiger partial charge in [-0.2, -0.15) is 0 Å². The number of nitrogens with one attached hydrogen (secondary N) is 1. The second kappa shape index (κ2) is 6.41. The Balaban J connectivity index is 1.44. The van der Waals surface area contributed by atoms with Crippen LogP contribution in [0.4, 0.5) is 0 Å². The zero-order valence-electron chi connectivity index (χ0n) is 12.1. The first-order valence-electron chi connectivity index (χ1n) is 7.14. The highest BCUT2D eigenvalue weighted by atomic mass is 16.5. The van der Waals surface area contributed by atoms with Crippen LogP contribution in [0.25, 0.3) is 5.65 Å². The number of benzene rings is 1. The Labute approximate surface area is 124 Å². The van der Waals surface area contributed by atoms with E-state index < -0.39 is 0 Å². The Morgan fingerprint density at radius 1 is 1.19 bits per heavy atom. The largest absolute Gasteiger partial charge is 0.492 e. The molecule has 3 aromatic rings. The number of nitrogens with zero attached hydrogens (tertiary/aromatic N) is 2. The van der Waals surface area contributed by atoms with Gasteiger partial charge < -0.3 is 14.5 Å². The molecule has 2 heterocycles. The predicted molar refractivity (Wildman–Crippen MR) is 83.6 cm³/mol. The summed E-state index contributed by atoms with van der Waals surface area (Å²) in [5, 5.41) is 3.35. The van der Waals surface area contributed by atoms with Crippen LogP contribution < -0.4 is 10.1 Å². The summed E-state index contributed by atoms with van der Waals surface area (Å²) >= 11 is 0. The number of ether oxygens (including phenoxy) is 1. The lowest BCUT2D eigenvalue weighted by molar-refractivity contribution is 0.313. The van der Waals surface area contributed by atoms with Crippen molar-refractivity contribution < 1.29 is 4.74 Å². The molecule has 1 N–H and O–H groups in total. The molecule has 0 aliphatic rings. The number of aryl methyl sites for hydroxylation is 1. The molecule has 0 amide bonds. The molecular weight excluding hydrogens is 262 g/mol. The molecule has 0 bridgehead atoms. The number of fused-ring (bicyclic) bond motifs is 1. The fourth-order valence-corrected chi connectivity index (χ4v) is 2.24. The lowest BCUT2D eigenvalue weighted by atomic mass is 10.2. The summed E-state index contributed by atoms with van der Waals surface area (Å²) < 4.78 is 7.72. The topological polar surface area (TPSA) is 38.6 Å². The van der Waals surface area contributed by atoms with Gasteiger partial charge in [-0.15, -0.1) is 0 Å². The molecule has 2 aromatic heterocycles. The van der Waals surface area contributed by atoms with Gasteiger partial charge in [0.1, 0.15) is 18.0 Å². The molecule has 3 rings (SSSR count). The van der Waals surface area contributed by atoms with E-state index in [-0.39, 0.29) is 0 Å². The SMILES string of the molecule is Cc1cccc(OCCNCc2cn3ccccc3n2)c1. The summed E-state index contributed by atoms with van der Waals surface area (Å²) in [7, 11) is 0. The number of rotatable bonds is 6. The van der Waals surface area contributed by atoms with E-state index >= 15 is 0 Å². The Morgan fingerprint density at radius 2 is 2.14 bits per heavy atom. The van der Waals surface area contributed by atoms with E-state index in [0.29, 0.717) is 6.61 Å². The van der Waals surface area contributed by atoms with E-state index in [1.165, 1.54) is 5.56 Å². The van der Waals surface area contributed by atoms with Crippen molar-refractivity contribution in [3.8, 4) is 5.75 Å². The third-order valence-electron chi connectivity index (χ3n) is 3.26. The lowest BCUT2D eigenvalue weighted by Gasteiger charge is -2.07. The van der Waals surface area contributed by atoms with Crippen molar-refractivity contribution in [2.75, 3.05) is 13.2 Å². The van der Waals surface area contributed by atoms with Crippen LogP contribution in [-0.2, 0) is 6.54 Å². The van der Waals surface area contributed by atoms with Crippen LogP contribution in [0.5, 0.6) is 5.75 Å². The van der Waals surface area contributed by atoms with E-state index in [1.807, 2.05) is 53.2 Å². The molecule has 1 aromatic carbocycles. The maximum absolute atomic E-state index is 5.70. The van der Waals surface area contributed by atoms with Crippen LogP contribution in [-0.4, -0.2) is 22.5 Å². The fraction of sp³-hybridized carbons (Fsp3) is 0.235. The highest BCUT2D eigenvalue weighted by Gasteiger charge is 2.00. The van der Waals surface area contributed by atoms with E-state index in [9.17, 15) is 0 Å². The molecule has 0 unspecified atom stereocenters. The highest BCUT2D eigenvalue weighted by Crippen LogP contribution is 2.11. The molecular formula is C17H19N3O. The van der Waals surface area contributed by atoms with Crippen LogP contribution >= 0.6 is 0 Å². The zero-order chi connectivity index (χ0) is 14.5. The van der Waals surface area contributed by atoms with Gasteiger partial charge in [0.2, 0.25) is 0 Å². The fourth-order valence-electron chi connectivity index (χ4n) is 2.24. The quantitative estimate of drug-likeness (QED) is 0.706. The van der Waals surface area contributed by atoms with Gasteiger partial charge in [-0.1, -0.05) is 18.2 Å². The summed E-state index contributed by atoms with van der Waals surface area (Å²) in [6.45, 7) is 4.26. The zero-order valence-corrected chi connectivity index (χ0v) is 12.1. The maximum atomic E-state index is 5.70. The molecule has 0 aliphatic heterocycles. The second-order valence-electron chi connectivity index (χ2n) is 5.04. The minimum Gasteiger partial charge on any atom is -0.492 e. The second-order valence-corrected chi connectivity index (χ2v) is 5.04. The first-order valence-corrected chi connectivity index (χ1v) is 7.14. The smallest absolute Gasteiger partial charge is 0.137 e. The van der Waals surface area contributed by atoms with Crippen LogP contribution in [0, 0.1) is 6.92 Å². The molecule has 0 atom stereocenters. The summed E-state index contributed by atoms with van der Waals surface area (Å²) in [6, 6.07) is 14.1. The van der Waals surface area contributed by atoms with Gasteiger partial charge in [-0.25, -0.2) is 4.98 Å². The maximum Gasteiger partial charge on any atom is 0.137 e. The summed E-state index contributed by atoms with van der Waals surface area (Å²) in [6.07, 6.45) is 4.05. The molecule has 0 radical (unpaired) electrons. The monoisotopic (exact) mass is 281 g/mol. The first-order chi connectivity index (χ1) is 10.3. The molecule has 4 heteroatoms. The molecule has 0 aliphatic carbocycles. The van der Waals surface area contributed by atoms with E-state index in [2.05, 4.69) is 23.3 Å². The van der Waals surface area contributed by atoms with Crippen LogP contribution in [0.15, 0.2) is 54.9 Å². The van der Waals surface area contributed by atoms with Crippen molar-refractivity contribution in [3.63, 3.8) is 0 Å².